The average Bonchev–Trinajstić information content (AvgIpc) is 2.71. The summed E-state index contributed by atoms with van der Waals surface area (Å²) in [7, 11) is 1.80. The minimum atomic E-state index is -0.441. The van der Waals surface area contributed by atoms with Crippen molar-refractivity contribution < 1.29 is 14.6 Å². The molecule has 4 heteroatoms. The first-order valence-corrected chi connectivity index (χ1v) is 7.77. The van der Waals surface area contributed by atoms with Crippen molar-refractivity contribution in [2.45, 2.75) is 44.8 Å². The molecule has 114 valence electrons. The molecular formula is C17H23NO3. The van der Waals surface area contributed by atoms with E-state index in [2.05, 4.69) is 0 Å². The molecule has 1 N–H and O–H groups in total. The van der Waals surface area contributed by atoms with E-state index in [9.17, 15) is 9.90 Å². The van der Waals surface area contributed by atoms with Gasteiger partial charge in [0.2, 0.25) is 5.91 Å². The highest BCUT2D eigenvalue weighted by atomic mass is 16.5. The van der Waals surface area contributed by atoms with Crippen molar-refractivity contribution in [1.82, 2.24) is 0 Å². The number of nitrogens with zero attached hydrogens (tertiary/aromatic N) is 1. The molecule has 1 fully saturated rings. The molecule has 3 rings (SSSR count). The van der Waals surface area contributed by atoms with Gasteiger partial charge in [-0.15, -0.1) is 0 Å². The van der Waals surface area contributed by atoms with Crippen LogP contribution in [0.4, 0.5) is 5.69 Å². The fourth-order valence-electron chi connectivity index (χ4n) is 3.39. The number of aliphatic hydroxyl groups is 1. The molecule has 0 spiro atoms. The van der Waals surface area contributed by atoms with E-state index in [1.165, 1.54) is 0 Å². The van der Waals surface area contributed by atoms with Crippen LogP contribution in [-0.2, 0) is 16.0 Å². The van der Waals surface area contributed by atoms with Crippen LogP contribution >= 0.6 is 0 Å². The maximum absolute atomic E-state index is 11.7. The van der Waals surface area contributed by atoms with Gasteiger partial charge >= 0.3 is 0 Å². The Kier molecular flexibility index (Phi) is 4.00. The number of amides is 1. The lowest BCUT2D eigenvalue weighted by molar-refractivity contribution is -0.117. The van der Waals surface area contributed by atoms with Gasteiger partial charge in [0, 0.05) is 19.3 Å². The Morgan fingerprint density at radius 3 is 2.90 bits per heavy atom. The van der Waals surface area contributed by atoms with Crippen LogP contribution in [0.3, 0.4) is 0 Å². The molecule has 4 nitrogen and oxygen atoms in total. The summed E-state index contributed by atoms with van der Waals surface area (Å²) in [6.07, 6.45) is 3.28. The second-order valence-corrected chi connectivity index (χ2v) is 6.18. The number of hydrogen-bond donors (Lipinski definition) is 1. The van der Waals surface area contributed by atoms with Crippen LogP contribution in [0.5, 0.6) is 0 Å². The van der Waals surface area contributed by atoms with Crippen molar-refractivity contribution in [1.29, 1.82) is 0 Å². The number of aliphatic hydroxyl groups excluding tert-OH is 1. The predicted molar refractivity (Wildman–Crippen MR) is 81.3 cm³/mol. The number of anilines is 1. The highest BCUT2D eigenvalue weighted by Crippen LogP contribution is 2.38. The van der Waals surface area contributed by atoms with Gasteiger partial charge in [0.15, 0.2) is 0 Å². The molecule has 1 amide bonds. The van der Waals surface area contributed by atoms with Crippen molar-refractivity contribution in [2.75, 3.05) is 18.6 Å². The van der Waals surface area contributed by atoms with Gasteiger partial charge in [-0.05, 0) is 49.3 Å². The Morgan fingerprint density at radius 1 is 1.43 bits per heavy atom. The molecule has 0 bridgehead atoms. The second-order valence-electron chi connectivity index (χ2n) is 6.18. The van der Waals surface area contributed by atoms with Gasteiger partial charge in [0.1, 0.15) is 0 Å². The van der Waals surface area contributed by atoms with Gasteiger partial charge in [0.25, 0.3) is 0 Å². The zero-order valence-electron chi connectivity index (χ0n) is 12.7. The van der Waals surface area contributed by atoms with E-state index < -0.39 is 6.10 Å². The van der Waals surface area contributed by atoms with Crippen LogP contribution in [0.15, 0.2) is 18.2 Å². The van der Waals surface area contributed by atoms with Crippen LogP contribution in [0.1, 0.15) is 43.4 Å². The molecule has 1 aliphatic carbocycles. The summed E-state index contributed by atoms with van der Waals surface area (Å²) >= 11 is 0. The number of likely N-dealkylation sites (N-methyl/N-ethyl adjacent to an activating group) is 1. The molecule has 21 heavy (non-hydrogen) atoms. The zero-order valence-corrected chi connectivity index (χ0v) is 12.7. The Labute approximate surface area is 125 Å². The van der Waals surface area contributed by atoms with Gasteiger partial charge in [0.05, 0.1) is 18.6 Å². The summed E-state index contributed by atoms with van der Waals surface area (Å²) in [5.41, 5.74) is 2.92. The van der Waals surface area contributed by atoms with E-state index in [0.717, 1.165) is 42.7 Å². The predicted octanol–water partition coefficient (Wildman–Crippen LogP) is 2.44. The third-order valence-electron chi connectivity index (χ3n) is 4.72. The summed E-state index contributed by atoms with van der Waals surface area (Å²) in [6.45, 7) is 2.79. The van der Waals surface area contributed by atoms with Gasteiger partial charge in [-0.1, -0.05) is 12.1 Å². The summed E-state index contributed by atoms with van der Waals surface area (Å²) in [6, 6.07) is 5.87. The Bertz CT molecular complexity index is 537. The molecule has 2 aliphatic rings. The number of fused-ring (bicyclic) bond motifs is 1. The van der Waals surface area contributed by atoms with E-state index in [-0.39, 0.29) is 5.91 Å². The van der Waals surface area contributed by atoms with Crippen LogP contribution in [-0.4, -0.2) is 30.8 Å². The maximum atomic E-state index is 11.7. The smallest absolute Gasteiger partial charge is 0.231 e. The molecular weight excluding hydrogens is 266 g/mol. The minimum absolute atomic E-state index is 0.121. The SMILES string of the molecule is CCOC1CC(CC(O)c2ccc3c(c2)CC(=O)N3C)C1. The highest BCUT2D eigenvalue weighted by molar-refractivity contribution is 6.00. The number of rotatable bonds is 5. The third-order valence-corrected chi connectivity index (χ3v) is 4.72. The molecule has 0 saturated heterocycles. The number of ether oxygens (including phenoxy) is 1. The number of carbonyl (C=O) groups is 1. The monoisotopic (exact) mass is 289 g/mol. The lowest BCUT2D eigenvalue weighted by Gasteiger charge is -2.36. The van der Waals surface area contributed by atoms with Gasteiger partial charge in [-0.25, -0.2) is 0 Å². The first-order valence-electron chi connectivity index (χ1n) is 7.77. The fourth-order valence-corrected chi connectivity index (χ4v) is 3.39. The molecule has 1 aromatic carbocycles. The maximum Gasteiger partial charge on any atom is 0.231 e. The lowest BCUT2D eigenvalue weighted by Crippen LogP contribution is -2.32. The lowest BCUT2D eigenvalue weighted by atomic mass is 9.78. The fraction of sp³-hybridized carbons (Fsp3) is 0.588. The summed E-state index contributed by atoms with van der Waals surface area (Å²) in [4.78, 5) is 13.4. The molecule has 1 saturated carbocycles. The summed E-state index contributed by atoms with van der Waals surface area (Å²) in [5, 5.41) is 10.4. The topological polar surface area (TPSA) is 49.8 Å². The molecule has 1 aromatic rings. The van der Waals surface area contributed by atoms with E-state index >= 15 is 0 Å². The van der Waals surface area contributed by atoms with Crippen molar-refractivity contribution in [2.24, 2.45) is 5.92 Å². The molecule has 1 aliphatic heterocycles. The molecule has 1 heterocycles. The van der Waals surface area contributed by atoms with Crippen molar-refractivity contribution >= 4 is 11.6 Å². The Hall–Kier alpha value is -1.39. The van der Waals surface area contributed by atoms with Crippen LogP contribution in [0.2, 0.25) is 0 Å². The first kappa shape index (κ1) is 14.5. The summed E-state index contributed by atoms with van der Waals surface area (Å²) in [5.74, 6) is 0.671. The molecule has 1 unspecified atom stereocenters. The van der Waals surface area contributed by atoms with Crippen molar-refractivity contribution in [3.8, 4) is 0 Å². The quantitative estimate of drug-likeness (QED) is 0.906. The zero-order chi connectivity index (χ0) is 15.0. The first-order chi connectivity index (χ1) is 10.1. The van der Waals surface area contributed by atoms with Gasteiger partial charge < -0.3 is 14.7 Å². The van der Waals surface area contributed by atoms with Gasteiger partial charge in [-0.3, -0.25) is 4.79 Å². The third kappa shape index (κ3) is 2.83. The Balaban J connectivity index is 1.60. The van der Waals surface area contributed by atoms with Crippen LogP contribution < -0.4 is 4.90 Å². The summed E-state index contributed by atoms with van der Waals surface area (Å²) < 4.78 is 5.55. The highest BCUT2D eigenvalue weighted by Gasteiger charge is 2.32. The molecule has 0 radical (unpaired) electrons. The van der Waals surface area contributed by atoms with Crippen molar-refractivity contribution in [3.05, 3.63) is 29.3 Å². The number of benzene rings is 1. The average molecular weight is 289 g/mol. The number of carbonyl (C=O) groups excluding carboxylic acids is 1. The molecule has 1 atom stereocenters. The Morgan fingerprint density at radius 2 is 2.19 bits per heavy atom. The largest absolute Gasteiger partial charge is 0.388 e. The number of hydrogen-bond acceptors (Lipinski definition) is 3. The van der Waals surface area contributed by atoms with Crippen LogP contribution in [0, 0.1) is 5.92 Å². The minimum Gasteiger partial charge on any atom is -0.388 e. The van der Waals surface area contributed by atoms with E-state index in [1.807, 2.05) is 25.1 Å². The van der Waals surface area contributed by atoms with Crippen LogP contribution in [0.25, 0.3) is 0 Å². The van der Waals surface area contributed by atoms with E-state index in [0.29, 0.717) is 18.4 Å². The van der Waals surface area contributed by atoms with Crippen molar-refractivity contribution in [3.63, 3.8) is 0 Å². The van der Waals surface area contributed by atoms with E-state index in [4.69, 9.17) is 4.74 Å². The van der Waals surface area contributed by atoms with Gasteiger partial charge in [-0.2, -0.15) is 0 Å². The van der Waals surface area contributed by atoms with E-state index in [1.54, 1.807) is 11.9 Å². The molecule has 0 aromatic heterocycles. The normalized spacial score (nSPS) is 25.7. The standard InChI is InChI=1S/C17H23NO3/c1-3-21-14-6-11(7-14)8-16(19)12-4-5-15-13(9-12)10-17(20)18(15)2/h4-5,9,11,14,16,19H,3,6-8,10H2,1-2H3. The second kappa shape index (κ2) is 5.78.